The van der Waals surface area contributed by atoms with Gasteiger partial charge in [-0.25, -0.2) is 0 Å². The normalized spacial score (nSPS) is 16.8. The predicted octanol–water partition coefficient (Wildman–Crippen LogP) is 21.3. The molecule has 0 aliphatic carbocycles. The van der Waals surface area contributed by atoms with Crippen molar-refractivity contribution in [1.29, 1.82) is 0 Å². The Morgan fingerprint density at radius 2 is 0.566 bits per heavy atom. The van der Waals surface area contributed by atoms with E-state index >= 15 is 0 Å². The van der Waals surface area contributed by atoms with Crippen LogP contribution in [0.2, 0.25) is 0 Å². The topological polar surface area (TPSA) is 77.5 Å². The Labute approximate surface area is 589 Å². The fourth-order valence-corrected chi connectivity index (χ4v) is 14.3. The fourth-order valence-electron chi connectivity index (χ4n) is 14.3. The third kappa shape index (κ3) is 14.6. The summed E-state index contributed by atoms with van der Waals surface area (Å²) in [6.45, 7) is 37.3. The van der Waals surface area contributed by atoms with Gasteiger partial charge in [0.25, 0.3) is 0 Å². The molecule has 4 aliphatic rings. The average Bonchev–Trinajstić information content (AvgIpc) is 1.75. The molecule has 12 heteroatoms. The SMILES string of the molecule is Cc1cccc(C)c1N1C=CN(c2c(C)ccnc2C)[C@@H]1C.Cc1ccncc1N1C=CN(c2c(-c3ccccc3)cccc2-c2ccccc2)[C@H]1C.Cc1ccncc1N1C=CN(c2c(C(C)C)cccc2C(C)C)[C@H]1C.Cc1ccncc1N1C=CN(c2c(C)cccc2C)[C@H]1C. The quantitative estimate of drug-likeness (QED) is 0.117. The molecule has 6 aromatic carbocycles. The molecule has 0 saturated carbocycles. The number of rotatable bonds is 12. The monoisotopic (exact) mass is 1310 g/mol. The van der Waals surface area contributed by atoms with E-state index in [0.29, 0.717) is 11.8 Å². The van der Waals surface area contributed by atoms with E-state index in [2.05, 4.69) is 384 Å². The van der Waals surface area contributed by atoms with Crippen molar-refractivity contribution in [2.45, 2.75) is 154 Å². The highest BCUT2D eigenvalue weighted by molar-refractivity contribution is 5.93. The molecular weight excluding hydrogens is 1210 g/mol. The molecule has 0 saturated heterocycles. The summed E-state index contributed by atoms with van der Waals surface area (Å²) in [6, 6.07) is 55.7. The highest BCUT2D eigenvalue weighted by Crippen LogP contribution is 2.45. The van der Waals surface area contributed by atoms with Gasteiger partial charge in [-0.2, -0.15) is 0 Å². The lowest BCUT2D eigenvalue weighted by Crippen LogP contribution is -2.37. The maximum Gasteiger partial charge on any atom is 0.107 e. The molecule has 4 aliphatic heterocycles. The Morgan fingerprint density at radius 1 is 0.273 bits per heavy atom. The summed E-state index contributed by atoms with van der Waals surface area (Å²) in [5, 5.41) is 0. The van der Waals surface area contributed by atoms with Crippen LogP contribution >= 0.6 is 0 Å². The predicted molar refractivity (Wildman–Crippen MR) is 419 cm³/mol. The van der Waals surface area contributed by atoms with Crippen LogP contribution in [0.25, 0.3) is 22.3 Å². The number of nitrogens with zero attached hydrogens (tertiary/aromatic N) is 12. The van der Waals surface area contributed by atoms with Gasteiger partial charge in [0.05, 0.1) is 52.7 Å². The Kier molecular flexibility index (Phi) is 21.6. The first-order valence-corrected chi connectivity index (χ1v) is 34.9. The molecule has 0 amide bonds. The second kappa shape index (κ2) is 30.8. The number of hydrogen-bond acceptors (Lipinski definition) is 12. The van der Waals surface area contributed by atoms with Crippen molar-refractivity contribution < 1.29 is 0 Å². The second-order valence-corrected chi connectivity index (χ2v) is 27.0. The molecule has 4 aromatic heterocycles. The molecule has 0 fully saturated rings. The maximum absolute atomic E-state index is 4.46. The van der Waals surface area contributed by atoms with Crippen LogP contribution in [-0.4, -0.2) is 44.6 Å². The van der Waals surface area contributed by atoms with E-state index in [-0.39, 0.29) is 24.7 Å². The minimum Gasteiger partial charge on any atom is -0.325 e. The zero-order valence-corrected chi connectivity index (χ0v) is 61.0. The van der Waals surface area contributed by atoms with Crippen LogP contribution in [0.15, 0.2) is 251 Å². The van der Waals surface area contributed by atoms with E-state index in [9.17, 15) is 0 Å². The van der Waals surface area contributed by atoms with Gasteiger partial charge in [0.1, 0.15) is 24.7 Å². The molecule has 8 heterocycles. The van der Waals surface area contributed by atoms with E-state index in [1.165, 1.54) is 112 Å². The summed E-state index contributed by atoms with van der Waals surface area (Å²) in [6.07, 6.45) is 31.4. The molecular formula is C87H98N12. The first kappa shape index (κ1) is 69.6. The van der Waals surface area contributed by atoms with Gasteiger partial charge in [0.2, 0.25) is 0 Å². The highest BCUT2D eigenvalue weighted by atomic mass is 15.4. The number of anilines is 8. The zero-order chi connectivity index (χ0) is 70.2. The van der Waals surface area contributed by atoms with Crippen LogP contribution in [-0.2, 0) is 0 Å². The Hall–Kier alpha value is -10.7. The molecule has 0 spiro atoms. The van der Waals surface area contributed by atoms with Gasteiger partial charge < -0.3 is 39.2 Å². The number of benzene rings is 6. The molecule has 99 heavy (non-hydrogen) atoms. The van der Waals surface area contributed by atoms with Crippen LogP contribution in [0, 0.1) is 62.3 Å². The molecule has 12 nitrogen and oxygen atoms in total. The summed E-state index contributed by atoms with van der Waals surface area (Å²) in [4.78, 5) is 36.0. The van der Waals surface area contributed by atoms with Crippen molar-refractivity contribution in [2.75, 3.05) is 39.2 Å². The third-order valence-corrected chi connectivity index (χ3v) is 19.7. The minimum atomic E-state index is 0.121. The lowest BCUT2D eigenvalue weighted by molar-refractivity contribution is 0.726. The van der Waals surface area contributed by atoms with Crippen LogP contribution in [0.1, 0.15) is 129 Å². The minimum absolute atomic E-state index is 0.121. The van der Waals surface area contributed by atoms with Gasteiger partial charge in [-0.15, -0.1) is 0 Å². The Morgan fingerprint density at radius 3 is 0.919 bits per heavy atom. The third-order valence-electron chi connectivity index (χ3n) is 19.7. The molecule has 0 radical (unpaired) electrons. The smallest absolute Gasteiger partial charge is 0.107 e. The van der Waals surface area contributed by atoms with Crippen LogP contribution < -0.4 is 39.2 Å². The molecule has 14 rings (SSSR count). The number of para-hydroxylation sites is 4. The summed E-state index contributed by atoms with van der Waals surface area (Å²) in [7, 11) is 0. The van der Waals surface area contributed by atoms with Gasteiger partial charge in [-0.05, 0) is 193 Å². The highest BCUT2D eigenvalue weighted by Gasteiger charge is 2.33. The van der Waals surface area contributed by atoms with Gasteiger partial charge in [-0.1, -0.05) is 161 Å². The van der Waals surface area contributed by atoms with Crippen molar-refractivity contribution in [3.8, 4) is 22.3 Å². The lowest BCUT2D eigenvalue weighted by atomic mass is 9.92. The first-order valence-electron chi connectivity index (χ1n) is 34.9. The van der Waals surface area contributed by atoms with E-state index in [1.807, 2.05) is 43.4 Å². The van der Waals surface area contributed by atoms with Crippen LogP contribution in [0.3, 0.4) is 0 Å². The van der Waals surface area contributed by atoms with E-state index in [0.717, 1.165) is 17.1 Å². The second-order valence-electron chi connectivity index (χ2n) is 27.0. The summed E-state index contributed by atoms with van der Waals surface area (Å²) >= 11 is 0. The Bertz CT molecular complexity index is 4350. The largest absolute Gasteiger partial charge is 0.325 e. The van der Waals surface area contributed by atoms with Crippen molar-refractivity contribution in [3.63, 3.8) is 0 Å². The number of hydrogen-bond donors (Lipinski definition) is 0. The molecule has 0 bridgehead atoms. The molecule has 0 unspecified atom stereocenters. The van der Waals surface area contributed by atoms with E-state index < -0.39 is 0 Å². The fraction of sp³-hybridized carbons (Fsp3) is 0.264. The average molecular weight is 1310 g/mol. The number of pyridine rings is 4. The first-order chi connectivity index (χ1) is 47.7. The van der Waals surface area contributed by atoms with Gasteiger partial charge >= 0.3 is 0 Å². The van der Waals surface area contributed by atoms with Crippen molar-refractivity contribution in [1.82, 2.24) is 19.9 Å². The van der Waals surface area contributed by atoms with E-state index in [4.69, 9.17) is 0 Å². The molecule has 506 valence electrons. The Balaban J connectivity index is 0.000000135. The van der Waals surface area contributed by atoms with Gasteiger partial charge in [-0.3, -0.25) is 19.9 Å². The van der Waals surface area contributed by atoms with Crippen molar-refractivity contribution >= 4 is 45.5 Å². The summed E-state index contributed by atoms with van der Waals surface area (Å²) in [5.74, 6) is 0.979. The molecule has 4 atom stereocenters. The number of aromatic nitrogens is 4. The lowest BCUT2D eigenvalue weighted by Gasteiger charge is -2.34. The number of aryl methyl sites for hydroxylation is 9. The maximum atomic E-state index is 4.46. The van der Waals surface area contributed by atoms with Crippen LogP contribution in [0.4, 0.5) is 45.5 Å². The zero-order valence-electron chi connectivity index (χ0n) is 61.0. The van der Waals surface area contributed by atoms with E-state index in [1.54, 1.807) is 0 Å². The standard InChI is InChI=1S/C28H25N3.C22H29N3.C19H23N3.C18H21N3/c1-21-16-17-29-20-27(21)30-18-19-31(22(30)2)28-25(23-10-5-3-6-11-23)14-9-15-26(28)24-12-7-4-8-13-24;1-15(2)19-8-7-9-20(16(3)4)22(19)25-13-12-24(18(25)6)21-14-23-11-10-17(21)5;1-13-7-6-8-14(2)18(13)21-11-12-22(17(21)5)19-15(3)9-10-20-16(19)4;1-13-8-9-19-12-17(13)20-10-11-21(16(20)4)18-14(2)6-5-7-15(18)3/h3-20,22H,1-2H3;7-16,18H,1-6H3;6-12,17H,1-5H3;5-12,16H,1-4H3/t22-;18-;17-;16-/m0010/s1. The van der Waals surface area contributed by atoms with Gasteiger partial charge in [0.15, 0.2) is 0 Å². The summed E-state index contributed by atoms with van der Waals surface area (Å²) < 4.78 is 0. The summed E-state index contributed by atoms with van der Waals surface area (Å²) in [5.41, 5.74) is 28.8. The molecule has 10 aromatic rings. The van der Waals surface area contributed by atoms with Gasteiger partial charge in [0, 0.05) is 103 Å². The van der Waals surface area contributed by atoms with Crippen LogP contribution in [0.5, 0.6) is 0 Å². The van der Waals surface area contributed by atoms with Crippen molar-refractivity contribution in [2.24, 2.45) is 0 Å². The van der Waals surface area contributed by atoms with Crippen molar-refractivity contribution in [3.05, 3.63) is 312 Å². The molecule has 0 N–H and O–H groups in total.